The van der Waals surface area contributed by atoms with E-state index in [2.05, 4.69) is 10.3 Å². The maximum Gasteiger partial charge on any atom is 0.510 e. The van der Waals surface area contributed by atoms with E-state index in [0.29, 0.717) is 17.2 Å². The summed E-state index contributed by atoms with van der Waals surface area (Å²) in [7, 11) is 0. The second-order valence-electron chi connectivity index (χ2n) is 8.84. The lowest BCUT2D eigenvalue weighted by molar-refractivity contribution is -0.0200. The lowest BCUT2D eigenvalue weighted by Crippen LogP contribution is -2.25. The maximum atomic E-state index is 13.3. The molecule has 0 aliphatic rings. The summed E-state index contributed by atoms with van der Waals surface area (Å²) < 4.78 is 12.1. The Hall–Kier alpha value is -3.69. The molecule has 2 heterocycles. The van der Waals surface area contributed by atoms with Crippen LogP contribution in [0.15, 0.2) is 60.7 Å². The van der Waals surface area contributed by atoms with Gasteiger partial charge in [0, 0.05) is 28.9 Å². The number of fused-ring (bicyclic) bond motifs is 1. The van der Waals surface area contributed by atoms with Crippen molar-refractivity contribution in [3.05, 3.63) is 71.2 Å². The molecule has 2 aromatic heterocycles. The Kier molecular flexibility index (Phi) is 7.18. The number of thiazole rings is 1. The molecule has 0 atom stereocenters. The van der Waals surface area contributed by atoms with E-state index < -0.39 is 17.7 Å². The van der Waals surface area contributed by atoms with Crippen LogP contribution in [0.3, 0.4) is 0 Å². The van der Waals surface area contributed by atoms with Crippen LogP contribution >= 0.6 is 11.3 Å². The fraction of sp³-hybridized carbons (Fsp3) is 0.269. The fourth-order valence-electron chi connectivity index (χ4n) is 3.59. The molecule has 0 spiro atoms. The average Bonchev–Trinajstić information content (AvgIpc) is 3.38. The zero-order valence-corrected chi connectivity index (χ0v) is 20.6. The first-order valence-corrected chi connectivity index (χ1v) is 12.0. The quantitative estimate of drug-likeness (QED) is 0.331. The standard InChI is InChI=1S/C26H27N3O5S/c1-26(2,3)34-25(32)33-16-29-19-12-8-7-11-18(19)15-20(29)23(31)28-24-27-22(21(35-24)13-14-30)17-9-5-4-6-10-17/h4-12,15,30H,13-14,16H2,1-3H3,(H,27,28,31). The van der Waals surface area contributed by atoms with Crippen LogP contribution in [0.5, 0.6) is 0 Å². The number of rotatable bonds is 7. The van der Waals surface area contributed by atoms with E-state index in [1.165, 1.54) is 11.3 Å². The number of carbonyl (C=O) groups excluding carboxylic acids is 2. The molecule has 0 aliphatic heterocycles. The van der Waals surface area contributed by atoms with Gasteiger partial charge in [-0.1, -0.05) is 48.5 Å². The van der Waals surface area contributed by atoms with E-state index >= 15 is 0 Å². The molecular weight excluding hydrogens is 466 g/mol. The molecule has 2 aromatic carbocycles. The zero-order valence-electron chi connectivity index (χ0n) is 19.8. The van der Waals surface area contributed by atoms with E-state index in [0.717, 1.165) is 27.0 Å². The molecule has 0 bridgehead atoms. The molecule has 0 unspecified atom stereocenters. The summed E-state index contributed by atoms with van der Waals surface area (Å²) in [4.78, 5) is 30.9. The molecule has 0 saturated carbocycles. The van der Waals surface area contributed by atoms with Crippen molar-refractivity contribution in [2.75, 3.05) is 11.9 Å². The summed E-state index contributed by atoms with van der Waals surface area (Å²) in [6.45, 7) is 5.04. The van der Waals surface area contributed by atoms with Crippen LogP contribution in [-0.2, 0) is 22.6 Å². The van der Waals surface area contributed by atoms with Crippen molar-refractivity contribution in [1.82, 2.24) is 9.55 Å². The first-order chi connectivity index (χ1) is 16.7. The first-order valence-electron chi connectivity index (χ1n) is 11.2. The van der Waals surface area contributed by atoms with Gasteiger partial charge in [-0.15, -0.1) is 11.3 Å². The molecule has 0 saturated heterocycles. The van der Waals surface area contributed by atoms with Crippen LogP contribution in [0, 0.1) is 0 Å². The number of nitrogens with zero attached hydrogens (tertiary/aromatic N) is 2. The van der Waals surface area contributed by atoms with Crippen LogP contribution in [0.4, 0.5) is 9.93 Å². The maximum absolute atomic E-state index is 13.3. The number of aliphatic hydroxyl groups excluding tert-OH is 1. The van der Waals surface area contributed by atoms with Gasteiger partial charge in [0.2, 0.25) is 0 Å². The Morgan fingerprint density at radius 2 is 1.80 bits per heavy atom. The van der Waals surface area contributed by atoms with Gasteiger partial charge in [0.25, 0.3) is 5.91 Å². The van der Waals surface area contributed by atoms with Gasteiger partial charge in [0.15, 0.2) is 11.9 Å². The van der Waals surface area contributed by atoms with Crippen molar-refractivity contribution in [2.45, 2.75) is 39.5 Å². The van der Waals surface area contributed by atoms with Crippen molar-refractivity contribution in [3.63, 3.8) is 0 Å². The van der Waals surface area contributed by atoms with E-state index in [4.69, 9.17) is 9.47 Å². The third-order valence-electron chi connectivity index (χ3n) is 5.05. The third-order valence-corrected chi connectivity index (χ3v) is 6.08. The largest absolute Gasteiger partial charge is 0.510 e. The van der Waals surface area contributed by atoms with Crippen molar-refractivity contribution in [3.8, 4) is 11.3 Å². The smallest absolute Gasteiger partial charge is 0.429 e. The molecule has 8 nitrogen and oxygen atoms in total. The molecule has 9 heteroatoms. The molecule has 2 N–H and O–H groups in total. The predicted molar refractivity (Wildman–Crippen MR) is 136 cm³/mol. The number of anilines is 1. The van der Waals surface area contributed by atoms with Gasteiger partial charge in [-0.2, -0.15) is 0 Å². The van der Waals surface area contributed by atoms with Crippen LogP contribution in [-0.4, -0.2) is 38.9 Å². The van der Waals surface area contributed by atoms with Gasteiger partial charge in [-0.25, -0.2) is 9.78 Å². The highest BCUT2D eigenvalue weighted by Gasteiger charge is 2.22. The summed E-state index contributed by atoms with van der Waals surface area (Å²) in [6.07, 6.45) is -0.385. The van der Waals surface area contributed by atoms with Gasteiger partial charge >= 0.3 is 6.16 Å². The summed E-state index contributed by atoms with van der Waals surface area (Å²) in [5, 5.41) is 13.6. The molecule has 4 rings (SSSR count). The molecule has 35 heavy (non-hydrogen) atoms. The van der Waals surface area contributed by atoms with Gasteiger partial charge in [-0.3, -0.25) is 10.1 Å². The van der Waals surface area contributed by atoms with Gasteiger partial charge in [0.1, 0.15) is 11.3 Å². The molecule has 182 valence electrons. The highest BCUT2D eigenvalue weighted by atomic mass is 32.1. The Labute approximate surface area is 207 Å². The minimum Gasteiger partial charge on any atom is -0.429 e. The lowest BCUT2D eigenvalue weighted by atomic mass is 10.1. The van der Waals surface area contributed by atoms with E-state index in [1.54, 1.807) is 31.4 Å². The monoisotopic (exact) mass is 493 g/mol. The molecule has 4 aromatic rings. The number of hydrogen-bond donors (Lipinski definition) is 2. The van der Waals surface area contributed by atoms with Crippen LogP contribution in [0.2, 0.25) is 0 Å². The highest BCUT2D eigenvalue weighted by Crippen LogP contribution is 2.32. The molecule has 0 aliphatic carbocycles. The molecule has 0 radical (unpaired) electrons. The third kappa shape index (κ3) is 5.87. The predicted octanol–water partition coefficient (Wildman–Crippen LogP) is 5.46. The molecule has 0 fully saturated rings. The minimum absolute atomic E-state index is 0.0222. The normalized spacial score (nSPS) is 11.4. The number of amides is 1. The second kappa shape index (κ2) is 10.3. The van der Waals surface area contributed by atoms with Crippen molar-refractivity contribution in [1.29, 1.82) is 0 Å². The number of benzene rings is 2. The number of hydrogen-bond acceptors (Lipinski definition) is 7. The lowest BCUT2D eigenvalue weighted by Gasteiger charge is -2.19. The van der Waals surface area contributed by atoms with Crippen LogP contribution < -0.4 is 5.32 Å². The molecular formula is C26H27N3O5S. The van der Waals surface area contributed by atoms with E-state index in [1.807, 2.05) is 54.6 Å². The van der Waals surface area contributed by atoms with E-state index in [9.17, 15) is 14.7 Å². The zero-order chi connectivity index (χ0) is 25.0. The number of para-hydroxylation sites is 1. The SMILES string of the molecule is CC(C)(C)OC(=O)OCn1c(C(=O)Nc2nc(-c3ccccc3)c(CCO)s2)cc2ccccc21. The van der Waals surface area contributed by atoms with Gasteiger partial charge < -0.3 is 19.1 Å². The Balaban J connectivity index is 1.61. The second-order valence-corrected chi connectivity index (χ2v) is 9.92. The summed E-state index contributed by atoms with van der Waals surface area (Å²) in [6, 6.07) is 18.8. The van der Waals surface area contributed by atoms with Gasteiger partial charge in [0.05, 0.1) is 11.2 Å². The minimum atomic E-state index is -0.817. The number of nitrogens with one attached hydrogen (secondary N) is 1. The van der Waals surface area contributed by atoms with Crippen molar-refractivity contribution < 1.29 is 24.2 Å². The fourth-order valence-corrected chi connectivity index (χ4v) is 4.56. The average molecular weight is 494 g/mol. The first kappa shape index (κ1) is 24.4. The summed E-state index contributed by atoms with van der Waals surface area (Å²) >= 11 is 1.32. The van der Waals surface area contributed by atoms with Crippen molar-refractivity contribution in [2.24, 2.45) is 0 Å². The van der Waals surface area contributed by atoms with Crippen LogP contribution in [0.1, 0.15) is 36.1 Å². The number of aliphatic hydroxyl groups is 1. The van der Waals surface area contributed by atoms with Crippen LogP contribution in [0.25, 0.3) is 22.2 Å². The van der Waals surface area contributed by atoms with Gasteiger partial charge in [-0.05, 0) is 32.9 Å². The Morgan fingerprint density at radius 1 is 1.09 bits per heavy atom. The van der Waals surface area contributed by atoms with Crippen molar-refractivity contribution >= 4 is 39.4 Å². The Bertz CT molecular complexity index is 1340. The number of carbonyl (C=O) groups is 2. The summed E-state index contributed by atoms with van der Waals surface area (Å²) in [5.41, 5.74) is 2.01. The topological polar surface area (TPSA) is 103 Å². The number of ether oxygens (including phenoxy) is 2. The summed E-state index contributed by atoms with van der Waals surface area (Å²) in [5.74, 6) is -0.391. The molecule has 1 amide bonds. The number of aromatic nitrogens is 2. The van der Waals surface area contributed by atoms with E-state index in [-0.39, 0.29) is 13.3 Å². The highest BCUT2D eigenvalue weighted by molar-refractivity contribution is 7.16. The Morgan fingerprint density at radius 3 is 2.51 bits per heavy atom.